The molecule has 0 bridgehead atoms. The minimum Gasteiger partial charge on any atom is -0.339 e. The van der Waals surface area contributed by atoms with Crippen LogP contribution in [0.5, 0.6) is 0 Å². The van der Waals surface area contributed by atoms with E-state index >= 15 is 0 Å². The molecule has 0 radical (unpaired) electrons. The van der Waals surface area contributed by atoms with Gasteiger partial charge in [-0.15, -0.1) is 0 Å². The predicted molar refractivity (Wildman–Crippen MR) is 114 cm³/mol. The molecule has 2 aromatic carbocycles. The summed E-state index contributed by atoms with van der Waals surface area (Å²) in [5.74, 6) is 1.41. The molecular weight excluding hydrogens is 421 g/mol. The van der Waals surface area contributed by atoms with Crippen LogP contribution in [0.25, 0.3) is 22.3 Å². The Kier molecular flexibility index (Phi) is 5.25. The van der Waals surface area contributed by atoms with Gasteiger partial charge in [-0.1, -0.05) is 16.8 Å². The number of piperidine rings is 1. The first-order valence-corrected chi connectivity index (χ1v) is 10.4. The number of nitrogens with one attached hydrogen (secondary N) is 1. The highest BCUT2D eigenvalue weighted by atomic mass is 35.5. The van der Waals surface area contributed by atoms with Crippen LogP contribution < -0.4 is 5.56 Å². The van der Waals surface area contributed by atoms with Gasteiger partial charge in [-0.2, -0.15) is 4.98 Å². The van der Waals surface area contributed by atoms with E-state index < -0.39 is 0 Å². The van der Waals surface area contributed by atoms with Gasteiger partial charge in [-0.25, -0.2) is 9.37 Å². The third-order valence-electron chi connectivity index (χ3n) is 5.49. The number of hydrogen-bond acceptors (Lipinski definition) is 6. The average molecular weight is 440 g/mol. The molecule has 2 aromatic heterocycles. The first kappa shape index (κ1) is 19.8. The van der Waals surface area contributed by atoms with Crippen molar-refractivity contribution in [1.29, 1.82) is 0 Å². The summed E-state index contributed by atoms with van der Waals surface area (Å²) < 4.78 is 18.7. The molecule has 0 amide bonds. The third-order valence-corrected chi connectivity index (χ3v) is 5.72. The summed E-state index contributed by atoms with van der Waals surface area (Å²) in [4.78, 5) is 26.6. The number of fused-ring (bicyclic) bond motifs is 1. The smallest absolute Gasteiger partial charge is 0.258 e. The van der Waals surface area contributed by atoms with E-state index in [9.17, 15) is 9.18 Å². The number of aromatic amines is 1. The molecule has 9 heteroatoms. The number of likely N-dealkylation sites (tertiary alicyclic amines) is 1. The molecule has 0 aliphatic carbocycles. The van der Waals surface area contributed by atoms with Gasteiger partial charge < -0.3 is 9.51 Å². The third kappa shape index (κ3) is 4.22. The van der Waals surface area contributed by atoms with Gasteiger partial charge in [0.2, 0.25) is 11.7 Å². The van der Waals surface area contributed by atoms with Crippen LogP contribution in [0.3, 0.4) is 0 Å². The van der Waals surface area contributed by atoms with E-state index in [2.05, 4.69) is 25.0 Å². The lowest BCUT2D eigenvalue weighted by Crippen LogP contribution is -2.35. The molecule has 31 heavy (non-hydrogen) atoms. The molecule has 1 fully saturated rings. The first-order chi connectivity index (χ1) is 15.0. The average Bonchev–Trinajstić information content (AvgIpc) is 3.25. The van der Waals surface area contributed by atoms with Gasteiger partial charge in [0, 0.05) is 17.1 Å². The Labute approximate surface area is 181 Å². The predicted octanol–water partition coefficient (Wildman–Crippen LogP) is 4.15. The number of hydrogen-bond donors (Lipinski definition) is 1. The van der Waals surface area contributed by atoms with Gasteiger partial charge in [-0.05, 0) is 61.9 Å². The SMILES string of the molecule is O=c1[nH]c(CN2CCCC(c3nc(-c4ccc(F)cc4)no3)C2)nc2ccc(Cl)cc12. The van der Waals surface area contributed by atoms with E-state index in [1.807, 2.05) is 0 Å². The summed E-state index contributed by atoms with van der Waals surface area (Å²) in [6, 6.07) is 11.1. The van der Waals surface area contributed by atoms with E-state index in [4.69, 9.17) is 16.1 Å². The first-order valence-electron chi connectivity index (χ1n) is 10.1. The van der Waals surface area contributed by atoms with E-state index in [1.165, 1.54) is 12.1 Å². The van der Waals surface area contributed by atoms with E-state index in [-0.39, 0.29) is 17.3 Å². The van der Waals surface area contributed by atoms with Crippen LogP contribution in [0.1, 0.15) is 30.5 Å². The van der Waals surface area contributed by atoms with E-state index in [0.29, 0.717) is 52.1 Å². The van der Waals surface area contributed by atoms with Crippen molar-refractivity contribution in [3.05, 3.63) is 75.4 Å². The molecular formula is C22H19ClFN5O2. The Balaban J connectivity index is 1.32. The Hall–Kier alpha value is -3.10. The van der Waals surface area contributed by atoms with Crippen molar-refractivity contribution in [3.63, 3.8) is 0 Å². The van der Waals surface area contributed by atoms with Gasteiger partial charge in [0.05, 0.1) is 23.4 Å². The normalized spacial score (nSPS) is 17.3. The quantitative estimate of drug-likeness (QED) is 0.514. The molecule has 0 saturated carbocycles. The lowest BCUT2D eigenvalue weighted by Gasteiger charge is -2.30. The molecule has 1 aliphatic rings. The highest BCUT2D eigenvalue weighted by Crippen LogP contribution is 2.28. The van der Waals surface area contributed by atoms with Crippen LogP contribution in [0.2, 0.25) is 5.02 Å². The number of halogens is 2. The monoisotopic (exact) mass is 439 g/mol. The lowest BCUT2D eigenvalue weighted by atomic mass is 9.98. The second-order valence-electron chi connectivity index (χ2n) is 7.71. The molecule has 158 valence electrons. The Morgan fingerprint density at radius 1 is 1.19 bits per heavy atom. The lowest BCUT2D eigenvalue weighted by molar-refractivity contribution is 0.177. The second-order valence-corrected chi connectivity index (χ2v) is 8.15. The number of rotatable bonds is 4. The summed E-state index contributed by atoms with van der Waals surface area (Å²) in [6.45, 7) is 2.12. The Morgan fingerprint density at radius 3 is 2.87 bits per heavy atom. The Morgan fingerprint density at radius 2 is 2.03 bits per heavy atom. The fraction of sp³-hybridized carbons (Fsp3) is 0.273. The zero-order valence-electron chi connectivity index (χ0n) is 16.5. The summed E-state index contributed by atoms with van der Waals surface area (Å²) in [5.41, 5.74) is 1.14. The molecule has 1 aliphatic heterocycles. The molecule has 7 nitrogen and oxygen atoms in total. The molecule has 4 aromatic rings. The molecule has 1 atom stereocenters. The van der Waals surface area contributed by atoms with Crippen molar-refractivity contribution < 1.29 is 8.91 Å². The van der Waals surface area contributed by atoms with Gasteiger partial charge in [0.1, 0.15) is 11.6 Å². The highest BCUT2D eigenvalue weighted by Gasteiger charge is 2.26. The maximum Gasteiger partial charge on any atom is 0.258 e. The van der Waals surface area contributed by atoms with Gasteiger partial charge in [0.25, 0.3) is 5.56 Å². The molecule has 1 N–H and O–H groups in total. The van der Waals surface area contributed by atoms with E-state index in [1.54, 1.807) is 30.3 Å². The summed E-state index contributed by atoms with van der Waals surface area (Å²) in [5, 5.41) is 5.04. The molecule has 1 unspecified atom stereocenters. The van der Waals surface area contributed by atoms with Gasteiger partial charge in [-0.3, -0.25) is 9.69 Å². The molecule has 3 heterocycles. The van der Waals surface area contributed by atoms with Crippen molar-refractivity contribution in [2.45, 2.75) is 25.3 Å². The van der Waals surface area contributed by atoms with Gasteiger partial charge in [0.15, 0.2) is 0 Å². The molecule has 0 spiro atoms. The van der Waals surface area contributed by atoms with Crippen molar-refractivity contribution in [1.82, 2.24) is 25.0 Å². The number of benzene rings is 2. The minimum absolute atomic E-state index is 0.0847. The Bertz CT molecular complexity index is 1290. The summed E-state index contributed by atoms with van der Waals surface area (Å²) >= 11 is 5.98. The topological polar surface area (TPSA) is 87.9 Å². The summed E-state index contributed by atoms with van der Waals surface area (Å²) in [7, 11) is 0. The van der Waals surface area contributed by atoms with Crippen molar-refractivity contribution in [2.24, 2.45) is 0 Å². The number of nitrogens with zero attached hydrogens (tertiary/aromatic N) is 4. The number of H-pyrrole nitrogens is 1. The van der Waals surface area contributed by atoms with Crippen LogP contribution in [0.4, 0.5) is 4.39 Å². The van der Waals surface area contributed by atoms with Gasteiger partial charge >= 0.3 is 0 Å². The maximum absolute atomic E-state index is 13.1. The van der Waals surface area contributed by atoms with Crippen LogP contribution in [-0.4, -0.2) is 38.1 Å². The second kappa shape index (κ2) is 8.20. The maximum atomic E-state index is 13.1. The molecule has 1 saturated heterocycles. The standard InChI is InChI=1S/C22H19ClFN5O2/c23-15-5-8-18-17(10-15)21(30)26-19(25-18)12-29-9-1-2-14(11-29)22-27-20(28-31-22)13-3-6-16(24)7-4-13/h3-8,10,14H,1-2,9,11-12H2,(H,25,26,30). The highest BCUT2D eigenvalue weighted by molar-refractivity contribution is 6.31. The van der Waals surface area contributed by atoms with Crippen molar-refractivity contribution in [2.75, 3.05) is 13.1 Å². The van der Waals surface area contributed by atoms with Crippen LogP contribution in [-0.2, 0) is 6.54 Å². The largest absolute Gasteiger partial charge is 0.339 e. The van der Waals surface area contributed by atoms with Crippen LogP contribution in [0, 0.1) is 5.82 Å². The molecule has 5 rings (SSSR count). The fourth-order valence-electron chi connectivity index (χ4n) is 3.96. The zero-order chi connectivity index (χ0) is 21.4. The fourth-order valence-corrected chi connectivity index (χ4v) is 4.14. The number of aromatic nitrogens is 4. The van der Waals surface area contributed by atoms with Crippen LogP contribution in [0.15, 0.2) is 51.8 Å². The van der Waals surface area contributed by atoms with E-state index in [0.717, 1.165) is 19.4 Å². The zero-order valence-corrected chi connectivity index (χ0v) is 17.3. The van der Waals surface area contributed by atoms with Crippen molar-refractivity contribution in [3.8, 4) is 11.4 Å². The minimum atomic E-state index is -0.307. The summed E-state index contributed by atoms with van der Waals surface area (Å²) in [6.07, 6.45) is 1.90. The van der Waals surface area contributed by atoms with Crippen LogP contribution >= 0.6 is 11.6 Å². The van der Waals surface area contributed by atoms with Crippen molar-refractivity contribution >= 4 is 22.5 Å².